The normalized spacial score (nSPS) is 10.7. The highest BCUT2D eigenvalue weighted by Gasteiger charge is 1.99. The molecule has 0 aliphatic heterocycles. The Kier molecular flexibility index (Phi) is 11.7. The summed E-state index contributed by atoms with van der Waals surface area (Å²) in [7, 11) is 4.26. The highest BCUT2D eigenvalue weighted by molar-refractivity contribution is 5.91. The number of hydrogen-bond donors (Lipinski definition) is 1. The van der Waals surface area contributed by atoms with E-state index in [0.29, 0.717) is 5.57 Å². The Hall–Kier alpha value is -0.830. The smallest absolute Gasteiger partial charge is 0.246 e. The van der Waals surface area contributed by atoms with Crippen molar-refractivity contribution in [3.63, 3.8) is 0 Å². The van der Waals surface area contributed by atoms with Gasteiger partial charge in [-0.15, -0.1) is 0 Å². The van der Waals surface area contributed by atoms with Crippen molar-refractivity contribution in [2.24, 2.45) is 0 Å². The Bertz CT molecular complexity index is 249. The molecule has 0 rings (SSSR count). The summed E-state index contributed by atoms with van der Waals surface area (Å²) in [5, 5.41) is 2.87. The molecule has 0 unspecified atom stereocenters. The Morgan fingerprint density at radius 3 is 1.89 bits per heavy atom. The minimum atomic E-state index is -0.0131. The van der Waals surface area contributed by atoms with Crippen LogP contribution in [0.25, 0.3) is 0 Å². The zero-order chi connectivity index (χ0) is 14.5. The number of rotatable bonds is 12. The third kappa shape index (κ3) is 13.4. The van der Waals surface area contributed by atoms with Gasteiger partial charge in [0.2, 0.25) is 5.91 Å². The summed E-state index contributed by atoms with van der Waals surface area (Å²) in [6, 6.07) is 0. The number of nitrogens with zero attached hydrogens (tertiary/aromatic N) is 1. The molecule has 0 fully saturated rings. The van der Waals surface area contributed by atoms with Gasteiger partial charge in [-0.25, -0.2) is 0 Å². The molecule has 0 aromatic rings. The maximum Gasteiger partial charge on any atom is 0.246 e. The Morgan fingerprint density at radius 1 is 0.947 bits per heavy atom. The molecule has 0 radical (unpaired) electrons. The molecular formula is C16H32N2O. The molecule has 0 aromatic carbocycles. The molecule has 3 heteroatoms. The summed E-state index contributed by atoms with van der Waals surface area (Å²) in [5.74, 6) is -0.0131. The van der Waals surface area contributed by atoms with Crippen molar-refractivity contribution in [3.8, 4) is 0 Å². The van der Waals surface area contributed by atoms with Gasteiger partial charge in [0.15, 0.2) is 0 Å². The lowest BCUT2D eigenvalue weighted by Gasteiger charge is -2.08. The van der Waals surface area contributed by atoms with E-state index < -0.39 is 0 Å². The number of nitrogens with one attached hydrogen (secondary N) is 1. The van der Waals surface area contributed by atoms with E-state index in [-0.39, 0.29) is 5.91 Å². The van der Waals surface area contributed by atoms with Gasteiger partial charge in [-0.1, -0.05) is 45.1 Å². The molecule has 3 nitrogen and oxygen atoms in total. The highest BCUT2D eigenvalue weighted by atomic mass is 16.1. The lowest BCUT2D eigenvalue weighted by molar-refractivity contribution is -0.117. The maximum absolute atomic E-state index is 11.2. The van der Waals surface area contributed by atoms with Gasteiger partial charge in [0.25, 0.3) is 0 Å². The number of hydrogen-bond acceptors (Lipinski definition) is 2. The fourth-order valence-corrected chi connectivity index (χ4v) is 1.97. The quantitative estimate of drug-likeness (QED) is 0.435. The first kappa shape index (κ1) is 18.2. The van der Waals surface area contributed by atoms with E-state index in [4.69, 9.17) is 0 Å². The van der Waals surface area contributed by atoms with Crippen LogP contribution in [-0.4, -0.2) is 38.0 Å². The van der Waals surface area contributed by atoms with Crippen molar-refractivity contribution in [1.29, 1.82) is 0 Å². The average molecular weight is 268 g/mol. The molecule has 0 heterocycles. The Balaban J connectivity index is 3.11. The number of carbonyl (C=O) groups excluding carboxylic acids is 1. The van der Waals surface area contributed by atoms with E-state index in [9.17, 15) is 4.79 Å². The van der Waals surface area contributed by atoms with Crippen molar-refractivity contribution in [2.75, 3.05) is 27.2 Å². The van der Waals surface area contributed by atoms with Gasteiger partial charge in [0.05, 0.1) is 0 Å². The predicted octanol–water partition coefficient (Wildman–Crippen LogP) is 3.36. The lowest BCUT2D eigenvalue weighted by atomic mass is 10.1. The van der Waals surface area contributed by atoms with Crippen LogP contribution in [0.1, 0.15) is 58.3 Å². The zero-order valence-corrected chi connectivity index (χ0v) is 13.1. The largest absolute Gasteiger partial charge is 0.352 e. The molecule has 0 aromatic heterocycles. The summed E-state index contributed by atoms with van der Waals surface area (Å²) in [5.41, 5.74) is 0.595. The van der Waals surface area contributed by atoms with E-state index in [1.807, 2.05) is 0 Å². The first-order chi connectivity index (χ1) is 9.04. The van der Waals surface area contributed by atoms with E-state index in [0.717, 1.165) is 13.0 Å². The van der Waals surface area contributed by atoms with Gasteiger partial charge in [-0.3, -0.25) is 4.79 Å². The Morgan fingerprint density at radius 2 is 1.42 bits per heavy atom. The molecule has 0 saturated carbocycles. The second kappa shape index (κ2) is 12.2. The average Bonchev–Trinajstić information content (AvgIpc) is 2.35. The predicted molar refractivity (Wildman–Crippen MR) is 83.3 cm³/mol. The van der Waals surface area contributed by atoms with Crippen molar-refractivity contribution in [2.45, 2.75) is 58.3 Å². The third-order valence-electron chi connectivity index (χ3n) is 3.21. The molecule has 0 aliphatic rings. The number of unbranched alkanes of at least 4 members (excludes halogenated alkanes) is 7. The summed E-state index contributed by atoms with van der Waals surface area (Å²) in [6.07, 6.45) is 10.3. The van der Waals surface area contributed by atoms with Crippen molar-refractivity contribution in [3.05, 3.63) is 12.2 Å². The van der Waals surface area contributed by atoms with Crippen LogP contribution in [-0.2, 0) is 4.79 Å². The molecule has 112 valence electrons. The van der Waals surface area contributed by atoms with Gasteiger partial charge in [0.1, 0.15) is 0 Å². The van der Waals surface area contributed by atoms with Gasteiger partial charge in [-0.05, 0) is 40.4 Å². The molecule has 1 N–H and O–H groups in total. The molecule has 0 spiro atoms. The molecule has 19 heavy (non-hydrogen) atoms. The van der Waals surface area contributed by atoms with Crippen LogP contribution in [0.5, 0.6) is 0 Å². The van der Waals surface area contributed by atoms with Crippen LogP contribution in [0.2, 0.25) is 0 Å². The minimum absolute atomic E-state index is 0.0131. The van der Waals surface area contributed by atoms with Crippen LogP contribution in [0.15, 0.2) is 12.2 Å². The lowest BCUT2D eigenvalue weighted by Crippen LogP contribution is -2.24. The van der Waals surface area contributed by atoms with E-state index >= 15 is 0 Å². The zero-order valence-electron chi connectivity index (χ0n) is 13.1. The number of amides is 1. The van der Waals surface area contributed by atoms with Crippen molar-refractivity contribution >= 4 is 5.91 Å². The van der Waals surface area contributed by atoms with Gasteiger partial charge < -0.3 is 10.2 Å². The van der Waals surface area contributed by atoms with E-state index in [1.165, 1.54) is 51.5 Å². The van der Waals surface area contributed by atoms with E-state index in [1.54, 1.807) is 6.92 Å². The molecule has 0 aliphatic carbocycles. The number of carbonyl (C=O) groups is 1. The molecule has 0 atom stereocenters. The summed E-state index contributed by atoms with van der Waals surface area (Å²) < 4.78 is 0. The van der Waals surface area contributed by atoms with Gasteiger partial charge in [-0.2, -0.15) is 0 Å². The Labute approximate surface area is 119 Å². The van der Waals surface area contributed by atoms with Crippen LogP contribution in [0.3, 0.4) is 0 Å². The molecular weight excluding hydrogens is 236 g/mol. The van der Waals surface area contributed by atoms with Gasteiger partial charge in [0, 0.05) is 12.1 Å². The van der Waals surface area contributed by atoms with Crippen LogP contribution in [0, 0.1) is 0 Å². The fraction of sp³-hybridized carbons (Fsp3) is 0.812. The van der Waals surface area contributed by atoms with Crippen LogP contribution < -0.4 is 5.32 Å². The highest BCUT2D eigenvalue weighted by Crippen LogP contribution is 2.08. The first-order valence-electron chi connectivity index (χ1n) is 7.62. The van der Waals surface area contributed by atoms with Crippen molar-refractivity contribution in [1.82, 2.24) is 10.2 Å². The summed E-state index contributed by atoms with van der Waals surface area (Å²) in [4.78, 5) is 13.5. The topological polar surface area (TPSA) is 32.3 Å². The van der Waals surface area contributed by atoms with Crippen molar-refractivity contribution < 1.29 is 4.79 Å². The fourth-order valence-electron chi connectivity index (χ4n) is 1.97. The second-order valence-electron chi connectivity index (χ2n) is 5.67. The molecule has 0 bridgehead atoms. The van der Waals surface area contributed by atoms with E-state index in [2.05, 4.69) is 30.9 Å². The van der Waals surface area contributed by atoms with Crippen LogP contribution in [0.4, 0.5) is 0 Å². The minimum Gasteiger partial charge on any atom is -0.352 e. The van der Waals surface area contributed by atoms with Crippen LogP contribution >= 0.6 is 0 Å². The SMILES string of the molecule is C=C(C)C(=O)NCCCCCCCCCCN(C)C. The molecule has 1 amide bonds. The first-order valence-corrected chi connectivity index (χ1v) is 7.62. The maximum atomic E-state index is 11.2. The molecule has 0 saturated heterocycles. The third-order valence-corrected chi connectivity index (χ3v) is 3.21. The standard InChI is InChI=1S/C16H32N2O/c1-15(2)16(19)17-13-11-9-7-5-6-8-10-12-14-18(3)4/h1,5-14H2,2-4H3,(H,17,19). The van der Waals surface area contributed by atoms with Gasteiger partial charge >= 0.3 is 0 Å². The second-order valence-corrected chi connectivity index (χ2v) is 5.67. The summed E-state index contributed by atoms with van der Waals surface area (Å²) in [6.45, 7) is 7.35. The monoisotopic (exact) mass is 268 g/mol. The summed E-state index contributed by atoms with van der Waals surface area (Å²) >= 11 is 0.